The third-order valence-electron chi connectivity index (χ3n) is 10.9. The van der Waals surface area contributed by atoms with Crippen molar-refractivity contribution in [2.45, 2.75) is 94.3 Å². The molecule has 2 aromatic rings. The van der Waals surface area contributed by atoms with E-state index in [2.05, 4.69) is 41.4 Å². The summed E-state index contributed by atoms with van der Waals surface area (Å²) in [7, 11) is -3.10. The first-order valence-electron chi connectivity index (χ1n) is 16.8. The molecule has 4 aliphatic rings. The molecule has 4 aliphatic heterocycles. The summed E-state index contributed by atoms with van der Waals surface area (Å²) < 4.78 is 22.1. The Morgan fingerprint density at radius 2 is 1.78 bits per heavy atom. The fourth-order valence-electron chi connectivity index (χ4n) is 8.54. The van der Waals surface area contributed by atoms with Crippen molar-refractivity contribution in [3.05, 3.63) is 60.2 Å². The molecule has 0 bridgehead atoms. The van der Waals surface area contributed by atoms with Crippen molar-refractivity contribution in [2.24, 2.45) is 5.92 Å². The van der Waals surface area contributed by atoms with Gasteiger partial charge in [-0.05, 0) is 100 Å². The summed E-state index contributed by atoms with van der Waals surface area (Å²) in [6, 6.07) is 18.4. The van der Waals surface area contributed by atoms with Crippen LogP contribution < -0.4 is 15.1 Å². The van der Waals surface area contributed by atoms with E-state index in [-0.39, 0.29) is 48.4 Å². The number of para-hydroxylation sites is 1. The molecule has 244 valence electrons. The van der Waals surface area contributed by atoms with Gasteiger partial charge in [-0.2, -0.15) is 0 Å². The molecule has 6 rings (SSSR count). The van der Waals surface area contributed by atoms with E-state index in [9.17, 15) is 14.7 Å². The quantitative estimate of drug-likeness (QED) is 0.302. The number of benzene rings is 2. The van der Waals surface area contributed by atoms with Crippen LogP contribution in [-0.4, -0.2) is 86.9 Å². The highest BCUT2D eigenvalue weighted by Crippen LogP contribution is 2.47. The molecule has 0 aromatic heterocycles. The number of rotatable bonds is 9. The summed E-state index contributed by atoms with van der Waals surface area (Å²) in [5.74, 6) is 0.155. The number of aliphatic hydroxyl groups excluding tert-OH is 1. The minimum atomic E-state index is -3.10. The molecule has 2 aromatic carbocycles. The van der Waals surface area contributed by atoms with E-state index >= 15 is 4.11 Å². The number of nitrogens with zero attached hydrogens (tertiary/aromatic N) is 3. The molecule has 4 fully saturated rings. The first-order chi connectivity index (χ1) is 21.6. The Morgan fingerprint density at radius 3 is 2.44 bits per heavy atom. The summed E-state index contributed by atoms with van der Waals surface area (Å²) in [6.45, 7) is 8.33. The number of halogens is 1. The second kappa shape index (κ2) is 13.1. The van der Waals surface area contributed by atoms with Crippen LogP contribution in [-0.2, 0) is 20.7 Å². The van der Waals surface area contributed by atoms with Gasteiger partial charge in [-0.25, -0.2) is 0 Å². The fraction of sp³-hybridized carbons (Fsp3) is 0.600. The van der Waals surface area contributed by atoms with Crippen LogP contribution in [0.4, 0.5) is 15.5 Å². The van der Waals surface area contributed by atoms with E-state index in [1.54, 1.807) is 18.0 Å². The summed E-state index contributed by atoms with van der Waals surface area (Å²) in [5.41, 5.74) is 2.34. The van der Waals surface area contributed by atoms with Crippen LogP contribution in [0.3, 0.4) is 0 Å². The van der Waals surface area contributed by atoms with Gasteiger partial charge >= 0.3 is 0 Å². The predicted octanol–water partition coefficient (Wildman–Crippen LogP) is 4.87. The Labute approximate surface area is 268 Å². The normalized spacial score (nSPS) is 28.4. The average molecular weight is 637 g/mol. The van der Waals surface area contributed by atoms with Crippen molar-refractivity contribution in [2.75, 3.05) is 42.7 Å². The van der Waals surface area contributed by atoms with Crippen LogP contribution in [0.15, 0.2) is 54.6 Å². The molecule has 4 heterocycles. The maximum Gasteiger partial charge on any atom is 0.254 e. The largest absolute Gasteiger partial charge is 0.394 e. The summed E-state index contributed by atoms with van der Waals surface area (Å²) >= 11 is 0. The molecule has 10 heteroatoms. The highest BCUT2D eigenvalue weighted by atomic mass is 28.4. The topological polar surface area (TPSA) is 85.4 Å². The summed E-state index contributed by atoms with van der Waals surface area (Å²) in [4.78, 5) is 33.2. The van der Waals surface area contributed by atoms with Gasteiger partial charge in [0.25, 0.3) is 5.91 Å². The van der Waals surface area contributed by atoms with Gasteiger partial charge in [0.15, 0.2) is 0 Å². The Bertz CT molecular complexity index is 1330. The molecule has 4 saturated heterocycles. The zero-order chi connectivity index (χ0) is 31.8. The molecule has 1 spiro atoms. The SMILES string of the molecule is C[C@H]1[C@H]([Si](C)(C)F)[C@@H](CC(=O)N2CCC[C@H]2CO)O[C@H]1CCc1ccc(N2CN(c3ccccc3)C3(CCNCC3)C2=O)cc1. The maximum absolute atomic E-state index is 15.6. The Kier molecular flexibility index (Phi) is 9.39. The van der Waals surface area contributed by atoms with Gasteiger partial charge in [-0.3, -0.25) is 14.5 Å². The van der Waals surface area contributed by atoms with Crippen molar-refractivity contribution < 1.29 is 23.5 Å². The standard InChI is InChI=1S/C35H49FN4O4Si/c1-25-30(44-31(33(25)45(2,3)36)22-32(42)38-21-7-10-29(38)23-41)16-13-26-11-14-27(15-12-26)39-24-40(28-8-5-4-6-9-28)35(34(39)43)17-19-37-20-18-35/h4-6,8-9,11-12,14-15,25,29-31,33,37,41H,7,10,13,16-24H2,1-3H3/t25-,29+,30+,31-,33+/m1/s1. The number of aliphatic hydroxyl groups is 1. The predicted molar refractivity (Wildman–Crippen MR) is 177 cm³/mol. The molecule has 2 amide bonds. The van der Waals surface area contributed by atoms with E-state index < -0.39 is 20.1 Å². The number of nitrogens with one attached hydrogen (secondary N) is 1. The van der Waals surface area contributed by atoms with Crippen molar-refractivity contribution in [3.8, 4) is 0 Å². The number of hydrogen-bond acceptors (Lipinski definition) is 6. The minimum Gasteiger partial charge on any atom is -0.394 e. The van der Waals surface area contributed by atoms with Gasteiger partial charge in [-0.1, -0.05) is 37.3 Å². The number of ether oxygens (including phenoxy) is 1. The Balaban J connectivity index is 1.11. The fourth-order valence-corrected chi connectivity index (χ4v) is 11.1. The number of likely N-dealkylation sites (tertiary alicyclic amines) is 1. The van der Waals surface area contributed by atoms with Crippen LogP contribution in [0.5, 0.6) is 0 Å². The molecule has 0 aliphatic carbocycles. The van der Waals surface area contributed by atoms with Gasteiger partial charge in [0.1, 0.15) is 5.54 Å². The van der Waals surface area contributed by atoms with Gasteiger partial charge in [0.05, 0.1) is 37.9 Å². The molecule has 0 unspecified atom stereocenters. The van der Waals surface area contributed by atoms with Crippen molar-refractivity contribution in [3.63, 3.8) is 0 Å². The van der Waals surface area contributed by atoms with E-state index in [1.165, 1.54) is 0 Å². The third-order valence-corrected chi connectivity index (χ3v) is 13.4. The second-order valence-electron chi connectivity index (χ2n) is 14.1. The number of carbonyl (C=O) groups is 2. The molecule has 0 saturated carbocycles. The van der Waals surface area contributed by atoms with Crippen molar-refractivity contribution in [1.82, 2.24) is 10.2 Å². The second-order valence-corrected chi connectivity index (χ2v) is 17.9. The van der Waals surface area contributed by atoms with Crippen molar-refractivity contribution >= 4 is 31.6 Å². The zero-order valence-corrected chi connectivity index (χ0v) is 28.0. The summed E-state index contributed by atoms with van der Waals surface area (Å²) in [5, 5.41) is 13.1. The molecular weight excluding hydrogens is 587 g/mol. The van der Waals surface area contributed by atoms with Gasteiger partial charge < -0.3 is 29.1 Å². The summed E-state index contributed by atoms with van der Waals surface area (Å²) in [6.07, 6.45) is 4.41. The molecule has 0 radical (unpaired) electrons. The lowest BCUT2D eigenvalue weighted by Crippen LogP contribution is -2.55. The lowest BCUT2D eigenvalue weighted by Gasteiger charge is -2.39. The number of hydrogen-bond donors (Lipinski definition) is 2. The molecular formula is C35H49FN4O4Si. The zero-order valence-electron chi connectivity index (χ0n) is 27.0. The third kappa shape index (κ3) is 6.31. The number of piperidine rings is 1. The number of anilines is 2. The van der Waals surface area contributed by atoms with Crippen LogP contribution in [0.2, 0.25) is 18.6 Å². The lowest BCUT2D eigenvalue weighted by molar-refractivity contribution is -0.135. The van der Waals surface area contributed by atoms with Crippen LogP contribution in [0.1, 0.15) is 51.0 Å². The van der Waals surface area contributed by atoms with Gasteiger partial charge in [0.2, 0.25) is 14.3 Å². The lowest BCUT2D eigenvalue weighted by atomic mass is 9.86. The maximum atomic E-state index is 15.6. The Hall–Kier alpha value is -2.79. The van der Waals surface area contributed by atoms with E-state index in [1.807, 2.05) is 35.2 Å². The smallest absolute Gasteiger partial charge is 0.254 e. The van der Waals surface area contributed by atoms with Crippen LogP contribution in [0.25, 0.3) is 0 Å². The van der Waals surface area contributed by atoms with Crippen molar-refractivity contribution in [1.29, 1.82) is 0 Å². The highest BCUT2D eigenvalue weighted by molar-refractivity contribution is 6.72. The molecule has 45 heavy (non-hydrogen) atoms. The van der Waals surface area contributed by atoms with E-state index in [0.717, 1.165) is 68.6 Å². The van der Waals surface area contributed by atoms with Crippen LogP contribution in [0, 0.1) is 5.92 Å². The highest BCUT2D eigenvalue weighted by Gasteiger charge is 2.54. The van der Waals surface area contributed by atoms with Gasteiger partial charge in [0, 0.05) is 23.5 Å². The van der Waals surface area contributed by atoms with E-state index in [0.29, 0.717) is 13.2 Å². The number of aryl methyl sites for hydroxylation is 1. The first-order valence-corrected chi connectivity index (χ1v) is 19.8. The number of carbonyl (C=O) groups excluding carboxylic acids is 2. The molecule has 5 atom stereocenters. The Morgan fingerprint density at radius 1 is 1.07 bits per heavy atom. The monoisotopic (exact) mass is 636 g/mol. The van der Waals surface area contributed by atoms with Gasteiger partial charge in [-0.15, -0.1) is 0 Å². The number of amides is 2. The minimum absolute atomic E-state index is 0.0216. The van der Waals surface area contributed by atoms with Crippen LogP contribution >= 0.6 is 0 Å². The van der Waals surface area contributed by atoms with E-state index in [4.69, 9.17) is 4.74 Å². The molecule has 8 nitrogen and oxygen atoms in total. The average Bonchev–Trinajstić information content (AvgIpc) is 3.72. The first kappa shape index (κ1) is 32.2. The molecule has 2 N–H and O–H groups in total.